The fourth-order valence-electron chi connectivity index (χ4n) is 1.73. The summed E-state index contributed by atoms with van der Waals surface area (Å²) in [4.78, 5) is 10.9. The molecule has 0 aliphatic rings. The smallest absolute Gasteiger partial charge is 0.375 e. The Labute approximate surface area is 110 Å². The zero-order chi connectivity index (χ0) is 13.8. The molecule has 100 valence electrons. The van der Waals surface area contributed by atoms with Gasteiger partial charge in [0.25, 0.3) is 0 Å². The maximum atomic E-state index is 10.9. The highest BCUT2D eigenvalue weighted by Gasteiger charge is 2.18. The fourth-order valence-corrected chi connectivity index (χ4v) is 1.73. The van der Waals surface area contributed by atoms with Crippen molar-refractivity contribution in [1.29, 1.82) is 0 Å². The van der Waals surface area contributed by atoms with Gasteiger partial charge in [-0.2, -0.15) is 0 Å². The Hall–Kier alpha value is -2.30. The van der Waals surface area contributed by atoms with Gasteiger partial charge in [0, 0.05) is 11.1 Å². The molecule has 5 heteroatoms. The number of ether oxygens (including phenoxy) is 1. The highest BCUT2D eigenvalue weighted by molar-refractivity contribution is 5.88. The number of carbonyl (C=O) groups is 1. The van der Waals surface area contributed by atoms with Crippen LogP contribution in [0.4, 0.5) is 0 Å². The lowest BCUT2D eigenvalue weighted by Gasteiger charge is -2.04. The molecule has 0 unspecified atom stereocenters. The van der Waals surface area contributed by atoms with Crippen LogP contribution in [-0.2, 0) is 0 Å². The van der Waals surface area contributed by atoms with Crippen molar-refractivity contribution in [2.45, 2.75) is 20.3 Å². The number of carboxylic acid groups (broad SMARTS) is 1. The normalized spacial score (nSPS) is 10.4. The molecule has 1 N–H and O–H groups in total. The van der Waals surface area contributed by atoms with Crippen LogP contribution >= 0.6 is 0 Å². The second kappa shape index (κ2) is 5.56. The maximum absolute atomic E-state index is 10.9. The number of rotatable bonds is 5. The van der Waals surface area contributed by atoms with Crippen LogP contribution in [0.3, 0.4) is 0 Å². The van der Waals surface area contributed by atoms with E-state index in [9.17, 15) is 4.79 Å². The van der Waals surface area contributed by atoms with Gasteiger partial charge >= 0.3 is 5.97 Å². The van der Waals surface area contributed by atoms with Crippen LogP contribution in [0.15, 0.2) is 28.8 Å². The molecule has 1 aromatic carbocycles. The molecular formula is C14H15NO4. The molecule has 0 saturated carbocycles. The number of nitrogens with zero attached hydrogens (tertiary/aromatic N) is 1. The summed E-state index contributed by atoms with van der Waals surface area (Å²) in [5.74, 6) is -0.453. The van der Waals surface area contributed by atoms with Crippen molar-refractivity contribution in [3.05, 3.63) is 35.6 Å². The van der Waals surface area contributed by atoms with Crippen molar-refractivity contribution in [3.63, 3.8) is 0 Å². The van der Waals surface area contributed by atoms with Gasteiger partial charge in [-0.25, -0.2) is 4.79 Å². The standard InChI is InChI=1S/C14H15NO4/c1-3-8-18-11-6-4-10(5-7-11)12-9(2)13(14(16)17)19-15-12/h4-7H,3,8H2,1-2H3,(H,16,17). The van der Waals surface area contributed by atoms with Gasteiger partial charge in [-0.1, -0.05) is 12.1 Å². The Morgan fingerprint density at radius 2 is 2.05 bits per heavy atom. The molecule has 0 radical (unpaired) electrons. The first-order chi connectivity index (χ1) is 9.13. The highest BCUT2D eigenvalue weighted by atomic mass is 16.5. The van der Waals surface area contributed by atoms with E-state index in [1.54, 1.807) is 6.92 Å². The highest BCUT2D eigenvalue weighted by Crippen LogP contribution is 2.26. The van der Waals surface area contributed by atoms with Crippen LogP contribution in [0.25, 0.3) is 11.3 Å². The van der Waals surface area contributed by atoms with E-state index in [4.69, 9.17) is 14.4 Å². The van der Waals surface area contributed by atoms with Crippen molar-refractivity contribution in [1.82, 2.24) is 5.16 Å². The van der Waals surface area contributed by atoms with Crippen molar-refractivity contribution in [2.24, 2.45) is 0 Å². The average molecular weight is 261 g/mol. The molecule has 19 heavy (non-hydrogen) atoms. The number of hydrogen-bond acceptors (Lipinski definition) is 4. The van der Waals surface area contributed by atoms with Crippen LogP contribution in [-0.4, -0.2) is 22.8 Å². The predicted molar refractivity (Wildman–Crippen MR) is 69.4 cm³/mol. The summed E-state index contributed by atoms with van der Waals surface area (Å²) >= 11 is 0. The van der Waals surface area contributed by atoms with Crippen LogP contribution in [0.2, 0.25) is 0 Å². The van der Waals surface area contributed by atoms with Crippen molar-refractivity contribution >= 4 is 5.97 Å². The maximum Gasteiger partial charge on any atom is 0.375 e. The second-order valence-corrected chi connectivity index (χ2v) is 4.16. The SMILES string of the molecule is CCCOc1ccc(-c2noc(C(=O)O)c2C)cc1. The summed E-state index contributed by atoms with van der Waals surface area (Å²) in [6.45, 7) is 4.39. The van der Waals surface area contributed by atoms with Crippen molar-refractivity contribution < 1.29 is 19.2 Å². The minimum absolute atomic E-state index is 0.124. The first-order valence-electron chi connectivity index (χ1n) is 6.06. The Morgan fingerprint density at radius 1 is 1.37 bits per heavy atom. The summed E-state index contributed by atoms with van der Waals surface area (Å²) in [6.07, 6.45) is 0.951. The predicted octanol–water partition coefficient (Wildman–Crippen LogP) is 3.14. The molecule has 5 nitrogen and oxygen atoms in total. The zero-order valence-corrected chi connectivity index (χ0v) is 10.8. The molecule has 0 spiro atoms. The lowest BCUT2D eigenvalue weighted by atomic mass is 10.1. The van der Waals surface area contributed by atoms with E-state index in [1.807, 2.05) is 31.2 Å². The van der Waals surface area contributed by atoms with Crippen LogP contribution in [0, 0.1) is 6.92 Å². The van der Waals surface area contributed by atoms with Crippen LogP contribution in [0.5, 0.6) is 5.75 Å². The largest absolute Gasteiger partial charge is 0.494 e. The van der Waals surface area contributed by atoms with Gasteiger partial charge in [0.2, 0.25) is 5.76 Å². The van der Waals surface area contributed by atoms with E-state index in [0.29, 0.717) is 17.9 Å². The molecule has 0 aliphatic heterocycles. The molecule has 0 aliphatic carbocycles. The molecule has 2 rings (SSSR count). The minimum Gasteiger partial charge on any atom is -0.494 e. The molecule has 0 bridgehead atoms. The van der Waals surface area contributed by atoms with Gasteiger partial charge in [-0.05, 0) is 37.6 Å². The van der Waals surface area contributed by atoms with E-state index in [0.717, 1.165) is 17.7 Å². The first kappa shape index (κ1) is 13.1. The van der Waals surface area contributed by atoms with E-state index >= 15 is 0 Å². The lowest BCUT2D eigenvalue weighted by molar-refractivity contribution is 0.0651. The van der Waals surface area contributed by atoms with Gasteiger partial charge in [0.15, 0.2) is 0 Å². The van der Waals surface area contributed by atoms with Crippen LogP contribution < -0.4 is 4.74 Å². The zero-order valence-electron chi connectivity index (χ0n) is 10.8. The molecule has 0 amide bonds. The van der Waals surface area contributed by atoms with Gasteiger partial charge < -0.3 is 14.4 Å². The number of aromatic carboxylic acids is 1. The number of hydrogen-bond donors (Lipinski definition) is 1. The topological polar surface area (TPSA) is 72.6 Å². The monoisotopic (exact) mass is 261 g/mol. The molecule has 1 heterocycles. The molecule has 0 atom stereocenters. The average Bonchev–Trinajstić information content (AvgIpc) is 2.79. The number of benzene rings is 1. The molecule has 2 aromatic rings. The van der Waals surface area contributed by atoms with E-state index < -0.39 is 5.97 Å². The third-order valence-corrected chi connectivity index (χ3v) is 2.72. The number of carboxylic acids is 1. The van der Waals surface area contributed by atoms with Crippen LogP contribution in [0.1, 0.15) is 29.5 Å². The second-order valence-electron chi connectivity index (χ2n) is 4.16. The Balaban J connectivity index is 2.25. The van der Waals surface area contributed by atoms with Crippen molar-refractivity contribution in [2.75, 3.05) is 6.61 Å². The van der Waals surface area contributed by atoms with Gasteiger partial charge in [0.05, 0.1) is 6.61 Å². The Bertz CT molecular complexity index is 572. The van der Waals surface area contributed by atoms with E-state index in [-0.39, 0.29) is 5.76 Å². The third-order valence-electron chi connectivity index (χ3n) is 2.72. The quantitative estimate of drug-likeness (QED) is 0.895. The summed E-state index contributed by atoms with van der Waals surface area (Å²) in [6, 6.07) is 7.34. The molecule has 0 saturated heterocycles. The summed E-state index contributed by atoms with van der Waals surface area (Å²) in [5.41, 5.74) is 1.87. The minimum atomic E-state index is -1.11. The Morgan fingerprint density at radius 3 is 2.58 bits per heavy atom. The fraction of sp³-hybridized carbons (Fsp3) is 0.286. The van der Waals surface area contributed by atoms with E-state index in [2.05, 4.69) is 5.16 Å². The first-order valence-corrected chi connectivity index (χ1v) is 6.06. The Kier molecular flexibility index (Phi) is 3.85. The van der Waals surface area contributed by atoms with Gasteiger partial charge in [-0.3, -0.25) is 0 Å². The van der Waals surface area contributed by atoms with Crippen molar-refractivity contribution in [3.8, 4) is 17.0 Å². The van der Waals surface area contributed by atoms with Gasteiger partial charge in [0.1, 0.15) is 11.4 Å². The summed E-state index contributed by atoms with van der Waals surface area (Å²) in [7, 11) is 0. The number of aromatic nitrogens is 1. The molecule has 1 aromatic heterocycles. The summed E-state index contributed by atoms with van der Waals surface area (Å²) in [5, 5.41) is 12.7. The lowest BCUT2D eigenvalue weighted by Crippen LogP contribution is -1.96. The van der Waals surface area contributed by atoms with E-state index in [1.165, 1.54) is 0 Å². The molecular weight excluding hydrogens is 246 g/mol. The van der Waals surface area contributed by atoms with Gasteiger partial charge in [-0.15, -0.1) is 0 Å². The summed E-state index contributed by atoms with van der Waals surface area (Å²) < 4.78 is 10.3. The molecule has 0 fully saturated rings. The third kappa shape index (κ3) is 2.76.